The van der Waals surface area contributed by atoms with Crippen LogP contribution in [0.1, 0.15) is 50.8 Å². The van der Waals surface area contributed by atoms with Crippen molar-refractivity contribution < 1.29 is 23.9 Å². The van der Waals surface area contributed by atoms with Crippen molar-refractivity contribution in [2.75, 3.05) is 0 Å². The fourth-order valence-corrected chi connectivity index (χ4v) is 3.88. The van der Waals surface area contributed by atoms with Gasteiger partial charge in [-0.2, -0.15) is 0 Å². The van der Waals surface area contributed by atoms with Crippen LogP contribution in [0.15, 0.2) is 60.7 Å². The molecule has 6 heteroatoms. The third kappa shape index (κ3) is 5.72. The molecule has 0 unspecified atom stereocenters. The van der Waals surface area contributed by atoms with Crippen LogP contribution in [-0.2, 0) is 25.7 Å². The summed E-state index contributed by atoms with van der Waals surface area (Å²) in [5, 5.41) is 0. The van der Waals surface area contributed by atoms with Crippen molar-refractivity contribution >= 4 is 18.0 Å². The third-order valence-corrected chi connectivity index (χ3v) is 5.40. The second-order valence-corrected chi connectivity index (χ2v) is 8.34. The molecule has 164 valence electrons. The van der Waals surface area contributed by atoms with Gasteiger partial charge in [0.05, 0.1) is 12.5 Å². The highest BCUT2D eigenvalue weighted by molar-refractivity contribution is 5.96. The van der Waals surface area contributed by atoms with E-state index >= 15 is 0 Å². The Kier molecular flexibility index (Phi) is 7.45. The molecular weight excluding hydrogens is 394 g/mol. The molecule has 1 heterocycles. The van der Waals surface area contributed by atoms with E-state index in [1.807, 2.05) is 74.5 Å². The first-order chi connectivity index (χ1) is 14.9. The van der Waals surface area contributed by atoms with E-state index in [2.05, 4.69) is 0 Å². The largest absolute Gasteiger partial charge is 0.461 e. The van der Waals surface area contributed by atoms with E-state index in [9.17, 15) is 14.4 Å². The van der Waals surface area contributed by atoms with E-state index in [0.717, 1.165) is 16.0 Å². The maximum Gasteiger partial charge on any atom is 0.417 e. The number of imide groups is 1. The second-order valence-electron chi connectivity index (χ2n) is 8.34. The molecule has 3 rings (SSSR count). The number of carbonyl (C=O) groups is 3. The van der Waals surface area contributed by atoms with Crippen molar-refractivity contribution in [3.8, 4) is 0 Å². The summed E-state index contributed by atoms with van der Waals surface area (Å²) in [6.45, 7) is 5.91. The maximum absolute atomic E-state index is 13.3. The van der Waals surface area contributed by atoms with E-state index in [-0.39, 0.29) is 24.9 Å². The van der Waals surface area contributed by atoms with Gasteiger partial charge >= 0.3 is 12.1 Å². The molecule has 1 aliphatic rings. The Labute approximate surface area is 183 Å². The van der Waals surface area contributed by atoms with Gasteiger partial charge in [0.25, 0.3) is 0 Å². The lowest BCUT2D eigenvalue weighted by atomic mass is 9.92. The Morgan fingerprint density at radius 2 is 1.65 bits per heavy atom. The SMILES string of the molecule is CC(C)C[C@@H](CC(=O)OCc1ccccc1)C(=O)N1C(=O)O[C@@H](c2ccccc2)[C@H]1C. The van der Waals surface area contributed by atoms with Gasteiger partial charge in [-0.1, -0.05) is 74.5 Å². The summed E-state index contributed by atoms with van der Waals surface area (Å²) in [6.07, 6.45) is -0.789. The maximum atomic E-state index is 13.3. The van der Waals surface area contributed by atoms with Crippen LogP contribution in [0.3, 0.4) is 0 Å². The molecule has 1 fully saturated rings. The predicted molar refractivity (Wildman–Crippen MR) is 116 cm³/mol. The Balaban J connectivity index is 1.68. The number of ether oxygens (including phenoxy) is 2. The summed E-state index contributed by atoms with van der Waals surface area (Å²) in [6, 6.07) is 18.3. The quantitative estimate of drug-likeness (QED) is 0.565. The fraction of sp³-hybridized carbons (Fsp3) is 0.400. The van der Waals surface area contributed by atoms with Crippen LogP contribution >= 0.6 is 0 Å². The highest BCUT2D eigenvalue weighted by Gasteiger charge is 2.45. The zero-order valence-corrected chi connectivity index (χ0v) is 18.2. The molecule has 1 saturated heterocycles. The van der Waals surface area contributed by atoms with Gasteiger partial charge in [0.15, 0.2) is 0 Å². The van der Waals surface area contributed by atoms with Crippen molar-refractivity contribution in [2.45, 2.75) is 52.4 Å². The smallest absolute Gasteiger partial charge is 0.417 e. The number of hydrogen-bond donors (Lipinski definition) is 0. The molecule has 6 nitrogen and oxygen atoms in total. The molecule has 2 amide bonds. The zero-order chi connectivity index (χ0) is 22.4. The molecule has 3 atom stereocenters. The average Bonchev–Trinajstić information content (AvgIpc) is 3.06. The number of benzene rings is 2. The number of rotatable bonds is 8. The van der Waals surface area contributed by atoms with Gasteiger partial charge in [-0.3, -0.25) is 9.59 Å². The summed E-state index contributed by atoms with van der Waals surface area (Å²) in [4.78, 5) is 39.5. The molecule has 0 spiro atoms. The van der Waals surface area contributed by atoms with Crippen LogP contribution in [0.25, 0.3) is 0 Å². The van der Waals surface area contributed by atoms with Gasteiger partial charge in [0.2, 0.25) is 5.91 Å². The number of hydrogen-bond acceptors (Lipinski definition) is 5. The highest BCUT2D eigenvalue weighted by atomic mass is 16.6. The zero-order valence-electron chi connectivity index (χ0n) is 18.2. The van der Waals surface area contributed by atoms with Crippen LogP contribution in [0.2, 0.25) is 0 Å². The number of carbonyl (C=O) groups excluding carboxylic acids is 3. The number of cyclic esters (lactones) is 1. The fourth-order valence-electron chi connectivity index (χ4n) is 3.88. The third-order valence-electron chi connectivity index (χ3n) is 5.40. The van der Waals surface area contributed by atoms with E-state index in [1.165, 1.54) is 0 Å². The standard InChI is InChI=1S/C25H29NO5/c1-17(2)14-21(15-22(27)30-16-19-10-6-4-7-11-19)24(28)26-18(3)23(31-25(26)29)20-12-8-5-9-13-20/h4-13,17-18,21,23H,14-16H2,1-3H3/t18-,21+,23-/m1/s1. The first-order valence-electron chi connectivity index (χ1n) is 10.6. The van der Waals surface area contributed by atoms with Crippen molar-refractivity contribution in [2.24, 2.45) is 11.8 Å². The molecule has 0 aliphatic carbocycles. The number of esters is 1. The van der Waals surface area contributed by atoms with Crippen LogP contribution in [-0.4, -0.2) is 28.9 Å². The molecule has 0 N–H and O–H groups in total. The Morgan fingerprint density at radius 1 is 1.03 bits per heavy atom. The van der Waals surface area contributed by atoms with Crippen LogP contribution in [0.4, 0.5) is 4.79 Å². The summed E-state index contributed by atoms with van der Waals surface area (Å²) >= 11 is 0. The average molecular weight is 424 g/mol. The van der Waals surface area contributed by atoms with Crippen molar-refractivity contribution in [3.05, 3.63) is 71.8 Å². The van der Waals surface area contributed by atoms with Crippen LogP contribution in [0.5, 0.6) is 0 Å². The predicted octanol–water partition coefficient (Wildman–Crippen LogP) is 4.89. The van der Waals surface area contributed by atoms with Gasteiger partial charge in [0.1, 0.15) is 12.7 Å². The monoisotopic (exact) mass is 423 g/mol. The van der Waals surface area contributed by atoms with Crippen molar-refractivity contribution in [3.63, 3.8) is 0 Å². The Morgan fingerprint density at radius 3 is 2.26 bits per heavy atom. The van der Waals surface area contributed by atoms with Gasteiger partial charge in [-0.05, 0) is 30.4 Å². The van der Waals surface area contributed by atoms with Crippen LogP contribution in [0, 0.1) is 11.8 Å². The van der Waals surface area contributed by atoms with E-state index in [4.69, 9.17) is 9.47 Å². The van der Waals surface area contributed by atoms with Crippen LogP contribution < -0.4 is 0 Å². The number of amides is 2. The number of nitrogens with zero attached hydrogens (tertiary/aromatic N) is 1. The second kappa shape index (κ2) is 10.2. The molecule has 0 aromatic heterocycles. The molecule has 0 bridgehead atoms. The van der Waals surface area contributed by atoms with Gasteiger partial charge in [0, 0.05) is 5.92 Å². The Hall–Kier alpha value is -3.15. The van der Waals surface area contributed by atoms with Gasteiger partial charge in [-0.25, -0.2) is 9.69 Å². The lowest BCUT2D eigenvalue weighted by molar-refractivity contribution is -0.150. The lowest BCUT2D eigenvalue weighted by Crippen LogP contribution is -2.42. The molecule has 31 heavy (non-hydrogen) atoms. The molecule has 0 radical (unpaired) electrons. The first-order valence-corrected chi connectivity index (χ1v) is 10.6. The van der Waals surface area contributed by atoms with E-state index in [1.54, 1.807) is 6.92 Å². The molecular formula is C25H29NO5. The minimum atomic E-state index is -0.669. The summed E-state index contributed by atoms with van der Waals surface area (Å²) < 4.78 is 10.9. The van der Waals surface area contributed by atoms with Crippen molar-refractivity contribution in [1.29, 1.82) is 0 Å². The molecule has 2 aromatic carbocycles. The van der Waals surface area contributed by atoms with Crippen molar-refractivity contribution in [1.82, 2.24) is 4.90 Å². The Bertz CT molecular complexity index is 897. The molecule has 1 aliphatic heterocycles. The van der Waals surface area contributed by atoms with E-state index < -0.39 is 30.1 Å². The summed E-state index contributed by atoms with van der Waals surface area (Å²) in [5.41, 5.74) is 1.71. The summed E-state index contributed by atoms with van der Waals surface area (Å²) in [5.74, 6) is -1.31. The minimum absolute atomic E-state index is 0.0731. The molecule has 2 aromatic rings. The minimum Gasteiger partial charge on any atom is -0.461 e. The van der Waals surface area contributed by atoms with Gasteiger partial charge in [-0.15, -0.1) is 0 Å². The first kappa shape index (κ1) is 22.5. The normalized spacial score (nSPS) is 19.2. The molecule has 0 saturated carbocycles. The lowest BCUT2D eigenvalue weighted by Gasteiger charge is -2.25. The highest BCUT2D eigenvalue weighted by Crippen LogP contribution is 2.34. The van der Waals surface area contributed by atoms with Gasteiger partial charge < -0.3 is 9.47 Å². The summed E-state index contributed by atoms with van der Waals surface area (Å²) in [7, 11) is 0. The van der Waals surface area contributed by atoms with E-state index in [0.29, 0.717) is 6.42 Å². The topological polar surface area (TPSA) is 72.9 Å².